The lowest BCUT2D eigenvalue weighted by molar-refractivity contribution is 0.0565. The minimum absolute atomic E-state index is 0.379. The summed E-state index contributed by atoms with van der Waals surface area (Å²) in [5.41, 5.74) is 2.06. The van der Waals surface area contributed by atoms with Crippen LogP contribution in [0.4, 0.5) is 0 Å². The molecule has 118 valence electrons. The molecule has 0 aliphatic heterocycles. The van der Waals surface area contributed by atoms with Crippen LogP contribution in [0.2, 0.25) is 0 Å². The van der Waals surface area contributed by atoms with Crippen molar-refractivity contribution in [2.75, 3.05) is 6.54 Å². The maximum absolute atomic E-state index is 10.5. The fourth-order valence-corrected chi connectivity index (χ4v) is 2.46. The van der Waals surface area contributed by atoms with Crippen molar-refractivity contribution in [2.24, 2.45) is 7.05 Å². The smallest absolute Gasteiger partial charge is 0.137 e. The molecule has 0 radical (unpaired) electrons. The van der Waals surface area contributed by atoms with Gasteiger partial charge in [-0.1, -0.05) is 0 Å². The quantitative estimate of drug-likeness (QED) is 0.732. The number of nitriles is 1. The van der Waals surface area contributed by atoms with Gasteiger partial charge in [0.25, 0.3) is 0 Å². The molecular weight excluding hydrogens is 292 g/mol. The van der Waals surface area contributed by atoms with Gasteiger partial charge >= 0.3 is 0 Å². The first-order valence-electron chi connectivity index (χ1n) is 7.28. The normalized spacial score (nSPS) is 13.8. The van der Waals surface area contributed by atoms with E-state index in [1.54, 1.807) is 42.5 Å². The van der Waals surface area contributed by atoms with Crippen LogP contribution in [0, 0.1) is 11.3 Å². The van der Waals surface area contributed by atoms with E-state index in [1.165, 1.54) is 0 Å². The zero-order chi connectivity index (χ0) is 16.4. The zero-order valence-corrected chi connectivity index (χ0v) is 13.1. The molecule has 0 aliphatic rings. The maximum Gasteiger partial charge on any atom is 0.137 e. The third kappa shape index (κ3) is 3.08. The summed E-state index contributed by atoms with van der Waals surface area (Å²) >= 11 is 0. The largest absolute Gasteiger partial charge is 0.384 e. The van der Waals surface area contributed by atoms with Gasteiger partial charge < -0.3 is 14.8 Å². The molecule has 3 heterocycles. The summed E-state index contributed by atoms with van der Waals surface area (Å²) in [5, 5.41) is 26.9. The van der Waals surface area contributed by atoms with Crippen LogP contribution in [-0.4, -0.2) is 30.8 Å². The van der Waals surface area contributed by atoms with E-state index in [2.05, 4.69) is 21.5 Å². The Morgan fingerprint density at radius 2 is 2.17 bits per heavy atom. The lowest BCUT2D eigenvalue weighted by Gasteiger charge is -2.22. The summed E-state index contributed by atoms with van der Waals surface area (Å²) in [6.07, 6.45) is 6.99. The van der Waals surface area contributed by atoms with Gasteiger partial charge in [0.1, 0.15) is 17.3 Å². The first-order chi connectivity index (χ1) is 11.0. The summed E-state index contributed by atoms with van der Waals surface area (Å²) in [4.78, 5) is 4.31. The van der Waals surface area contributed by atoms with Crippen LogP contribution in [0.5, 0.6) is 0 Å². The van der Waals surface area contributed by atoms with Crippen molar-refractivity contribution >= 4 is 5.65 Å². The Labute approximate surface area is 133 Å². The number of rotatable bonds is 5. The summed E-state index contributed by atoms with van der Waals surface area (Å²) in [6, 6.07) is 5.68. The van der Waals surface area contributed by atoms with Crippen molar-refractivity contribution in [1.82, 2.24) is 24.5 Å². The molecule has 2 N–H and O–H groups in total. The topological polar surface area (TPSA) is 91.2 Å². The third-order valence-electron chi connectivity index (χ3n) is 3.81. The van der Waals surface area contributed by atoms with Crippen molar-refractivity contribution in [2.45, 2.75) is 19.1 Å². The van der Waals surface area contributed by atoms with Gasteiger partial charge in [-0.15, -0.1) is 0 Å². The predicted molar refractivity (Wildman–Crippen MR) is 84.4 cm³/mol. The molecule has 7 nitrogen and oxygen atoms in total. The van der Waals surface area contributed by atoms with E-state index in [0.717, 1.165) is 16.9 Å². The van der Waals surface area contributed by atoms with Gasteiger partial charge in [-0.05, 0) is 19.1 Å². The summed E-state index contributed by atoms with van der Waals surface area (Å²) < 4.78 is 3.54. The van der Waals surface area contributed by atoms with Gasteiger partial charge in [-0.3, -0.25) is 4.68 Å². The molecule has 7 heteroatoms. The van der Waals surface area contributed by atoms with Crippen molar-refractivity contribution in [3.8, 4) is 6.07 Å². The minimum Gasteiger partial charge on any atom is -0.384 e. The van der Waals surface area contributed by atoms with E-state index in [4.69, 9.17) is 5.26 Å². The highest BCUT2D eigenvalue weighted by molar-refractivity contribution is 5.44. The Hall–Kier alpha value is -2.69. The van der Waals surface area contributed by atoms with Crippen molar-refractivity contribution in [1.29, 1.82) is 5.26 Å². The average Bonchev–Trinajstić information content (AvgIpc) is 3.14. The lowest BCUT2D eigenvalue weighted by atomic mass is 10.00. The number of aryl methyl sites for hydroxylation is 1. The van der Waals surface area contributed by atoms with Crippen molar-refractivity contribution in [3.05, 3.63) is 53.7 Å². The molecule has 3 rings (SSSR count). The van der Waals surface area contributed by atoms with E-state index < -0.39 is 5.60 Å². The zero-order valence-electron chi connectivity index (χ0n) is 13.1. The molecule has 1 unspecified atom stereocenters. The number of imidazole rings is 1. The first-order valence-corrected chi connectivity index (χ1v) is 7.28. The molecule has 0 amide bonds. The Bertz CT molecular complexity index is 870. The molecule has 3 aromatic heterocycles. The van der Waals surface area contributed by atoms with Gasteiger partial charge in [-0.2, -0.15) is 10.4 Å². The van der Waals surface area contributed by atoms with Crippen molar-refractivity contribution in [3.63, 3.8) is 0 Å². The minimum atomic E-state index is -1.01. The second-order valence-electron chi connectivity index (χ2n) is 5.79. The summed E-state index contributed by atoms with van der Waals surface area (Å²) in [6.45, 7) is 2.66. The van der Waals surface area contributed by atoms with Gasteiger partial charge in [0.2, 0.25) is 0 Å². The van der Waals surface area contributed by atoms with Crippen LogP contribution in [0.3, 0.4) is 0 Å². The number of fused-ring (bicyclic) bond motifs is 1. The molecule has 23 heavy (non-hydrogen) atoms. The maximum atomic E-state index is 10.5. The van der Waals surface area contributed by atoms with E-state index >= 15 is 0 Å². The second-order valence-corrected chi connectivity index (χ2v) is 5.79. The Balaban J connectivity index is 1.70. The summed E-state index contributed by atoms with van der Waals surface area (Å²) in [5.74, 6) is 0. The van der Waals surface area contributed by atoms with Crippen LogP contribution >= 0.6 is 0 Å². The average molecular weight is 310 g/mol. The molecule has 1 atom stereocenters. The van der Waals surface area contributed by atoms with E-state index in [-0.39, 0.29) is 0 Å². The first kappa shape index (κ1) is 15.2. The Kier molecular flexibility index (Phi) is 3.86. The molecule has 0 aromatic carbocycles. The second kappa shape index (κ2) is 5.83. The third-order valence-corrected chi connectivity index (χ3v) is 3.81. The van der Waals surface area contributed by atoms with E-state index in [0.29, 0.717) is 18.7 Å². The van der Waals surface area contributed by atoms with E-state index in [1.807, 2.05) is 17.5 Å². The molecule has 0 spiro atoms. The molecule has 0 saturated carbocycles. The van der Waals surface area contributed by atoms with Gasteiger partial charge in [0, 0.05) is 38.1 Å². The van der Waals surface area contributed by atoms with Gasteiger partial charge in [-0.25, -0.2) is 4.98 Å². The van der Waals surface area contributed by atoms with Crippen LogP contribution in [-0.2, 0) is 19.2 Å². The van der Waals surface area contributed by atoms with Crippen LogP contribution in [0.1, 0.15) is 23.7 Å². The predicted octanol–water partition coefficient (Wildman–Crippen LogP) is 0.937. The molecule has 0 aliphatic carbocycles. The monoisotopic (exact) mass is 310 g/mol. The van der Waals surface area contributed by atoms with Crippen LogP contribution in [0.25, 0.3) is 5.65 Å². The van der Waals surface area contributed by atoms with Gasteiger partial charge in [0.05, 0.1) is 23.7 Å². The molecule has 0 fully saturated rings. The highest BCUT2D eigenvalue weighted by atomic mass is 16.3. The Morgan fingerprint density at radius 3 is 2.87 bits per heavy atom. The van der Waals surface area contributed by atoms with E-state index in [9.17, 15) is 5.11 Å². The SMILES string of the molecule is Cn1cc(C(C)(O)CNCc2cnc3ccc(C#N)cn23)cn1. The summed E-state index contributed by atoms with van der Waals surface area (Å²) in [7, 11) is 1.82. The number of pyridine rings is 1. The number of hydrogen-bond donors (Lipinski definition) is 2. The van der Waals surface area contributed by atoms with Crippen molar-refractivity contribution < 1.29 is 5.11 Å². The number of nitrogens with one attached hydrogen (secondary N) is 1. The highest BCUT2D eigenvalue weighted by Gasteiger charge is 2.24. The number of aliphatic hydroxyl groups is 1. The lowest BCUT2D eigenvalue weighted by Crippen LogP contribution is -2.35. The number of nitrogens with zero attached hydrogens (tertiary/aromatic N) is 5. The Morgan fingerprint density at radius 1 is 1.35 bits per heavy atom. The fraction of sp³-hybridized carbons (Fsp3) is 0.312. The standard InChI is InChI=1S/C16H18N6O/c1-16(23,13-6-20-21(2)10-13)11-18-7-14-8-19-15-4-3-12(5-17)9-22(14)15/h3-4,6,8-10,18,23H,7,11H2,1-2H3. The van der Waals surface area contributed by atoms with Gasteiger partial charge in [0.15, 0.2) is 0 Å². The number of hydrogen-bond acceptors (Lipinski definition) is 5. The molecule has 3 aromatic rings. The molecule has 0 bridgehead atoms. The number of aromatic nitrogens is 4. The highest BCUT2D eigenvalue weighted by Crippen LogP contribution is 2.18. The fourth-order valence-electron chi connectivity index (χ4n) is 2.46. The molecule has 0 saturated heterocycles. The van der Waals surface area contributed by atoms with Crippen LogP contribution < -0.4 is 5.32 Å². The van der Waals surface area contributed by atoms with Crippen LogP contribution in [0.15, 0.2) is 36.9 Å². The molecular formula is C16H18N6O.